The summed E-state index contributed by atoms with van der Waals surface area (Å²) in [7, 11) is 1.61. The first-order valence-electron chi connectivity index (χ1n) is 8.28. The van der Waals surface area contributed by atoms with Gasteiger partial charge in [0, 0.05) is 11.5 Å². The van der Waals surface area contributed by atoms with Crippen LogP contribution in [-0.2, 0) is 0 Å². The number of furan rings is 1. The molecule has 2 aromatic heterocycles. The molecule has 0 aliphatic heterocycles. The number of carbonyl (C=O) groups excluding carboxylic acids is 1. The number of rotatable bonds is 6. The van der Waals surface area contributed by atoms with Crippen LogP contribution in [0.2, 0.25) is 0 Å². The molecule has 1 atom stereocenters. The van der Waals surface area contributed by atoms with Crippen molar-refractivity contribution in [2.75, 3.05) is 7.11 Å². The molecule has 1 aliphatic rings. The molecule has 1 aliphatic carbocycles. The molecule has 1 saturated carbocycles. The Hall–Kier alpha value is -3.02. The van der Waals surface area contributed by atoms with Crippen LogP contribution in [0.4, 0.5) is 0 Å². The Kier molecular flexibility index (Phi) is 4.01. The summed E-state index contributed by atoms with van der Waals surface area (Å²) in [5.74, 6) is 2.45. The quantitative estimate of drug-likeness (QED) is 0.722. The average molecular weight is 337 g/mol. The molecule has 25 heavy (non-hydrogen) atoms. The van der Waals surface area contributed by atoms with Crippen molar-refractivity contribution in [2.45, 2.75) is 24.8 Å². The lowest BCUT2D eigenvalue weighted by Crippen LogP contribution is -2.29. The summed E-state index contributed by atoms with van der Waals surface area (Å²) in [6, 6.07) is 10.7. The largest absolute Gasteiger partial charge is 0.496 e. The number of nitrogens with one attached hydrogen (secondary N) is 2. The van der Waals surface area contributed by atoms with Crippen molar-refractivity contribution < 1.29 is 13.9 Å². The van der Waals surface area contributed by atoms with Gasteiger partial charge in [-0.1, -0.05) is 18.2 Å². The highest BCUT2D eigenvalue weighted by Gasteiger charge is 2.28. The van der Waals surface area contributed by atoms with Crippen LogP contribution in [0.25, 0.3) is 0 Å². The van der Waals surface area contributed by atoms with Gasteiger partial charge in [0.2, 0.25) is 0 Å². The first kappa shape index (κ1) is 15.5. The van der Waals surface area contributed by atoms with E-state index >= 15 is 0 Å². The number of benzene rings is 1. The van der Waals surface area contributed by atoms with Gasteiger partial charge in [-0.05, 0) is 31.0 Å². The lowest BCUT2D eigenvalue weighted by Gasteiger charge is -2.19. The third-order valence-electron chi connectivity index (χ3n) is 4.36. The van der Waals surface area contributed by atoms with Crippen LogP contribution in [0.3, 0.4) is 0 Å². The van der Waals surface area contributed by atoms with E-state index in [1.165, 1.54) is 0 Å². The van der Waals surface area contributed by atoms with Crippen LogP contribution in [0.1, 0.15) is 52.4 Å². The highest BCUT2D eigenvalue weighted by Crippen LogP contribution is 2.38. The Morgan fingerprint density at radius 3 is 2.88 bits per heavy atom. The fraction of sp³-hybridized carbons (Fsp3) is 0.263. The maximum Gasteiger partial charge on any atom is 0.270 e. The standard InChI is InChI=1S/C19H19N3O3/c1-24-15-6-3-2-5-13(15)17(16-7-4-10-25-16)22-19(23)14-11-20-18(21-14)12-8-9-12/h2-7,10-12,17H,8-9H2,1H3,(H,20,21)(H,22,23). The number of nitrogens with zero attached hydrogens (tertiary/aromatic N) is 1. The summed E-state index contributed by atoms with van der Waals surface area (Å²) in [5, 5.41) is 3.02. The van der Waals surface area contributed by atoms with Gasteiger partial charge in [0.25, 0.3) is 5.91 Å². The van der Waals surface area contributed by atoms with Gasteiger partial charge in [-0.2, -0.15) is 0 Å². The molecule has 0 spiro atoms. The minimum Gasteiger partial charge on any atom is -0.496 e. The minimum absolute atomic E-state index is 0.230. The van der Waals surface area contributed by atoms with E-state index in [-0.39, 0.29) is 5.91 Å². The predicted octanol–water partition coefficient (Wildman–Crippen LogP) is 3.41. The zero-order valence-electron chi connectivity index (χ0n) is 13.9. The normalized spacial score (nSPS) is 14.9. The maximum absolute atomic E-state index is 12.7. The van der Waals surface area contributed by atoms with Crippen LogP contribution in [-0.4, -0.2) is 23.0 Å². The molecule has 1 aromatic carbocycles. The Morgan fingerprint density at radius 1 is 1.32 bits per heavy atom. The van der Waals surface area contributed by atoms with Crippen molar-refractivity contribution in [2.24, 2.45) is 0 Å². The summed E-state index contributed by atoms with van der Waals surface area (Å²) in [5.41, 5.74) is 1.28. The van der Waals surface area contributed by atoms with Crippen molar-refractivity contribution in [1.29, 1.82) is 0 Å². The van der Waals surface area contributed by atoms with Crippen LogP contribution in [0.5, 0.6) is 5.75 Å². The maximum atomic E-state index is 12.7. The second-order valence-corrected chi connectivity index (χ2v) is 6.12. The molecule has 2 heterocycles. The summed E-state index contributed by atoms with van der Waals surface area (Å²) < 4.78 is 11.0. The molecule has 2 N–H and O–H groups in total. The first-order chi connectivity index (χ1) is 12.3. The second-order valence-electron chi connectivity index (χ2n) is 6.12. The van der Waals surface area contributed by atoms with Crippen LogP contribution in [0.15, 0.2) is 53.3 Å². The SMILES string of the molecule is COc1ccccc1C(NC(=O)c1cnc(C2CC2)[nH]1)c1ccco1. The Balaban J connectivity index is 1.63. The number of H-pyrrole nitrogens is 1. The molecule has 1 amide bonds. The predicted molar refractivity (Wildman–Crippen MR) is 91.6 cm³/mol. The zero-order chi connectivity index (χ0) is 17.2. The van der Waals surface area contributed by atoms with Gasteiger partial charge in [-0.3, -0.25) is 4.79 Å². The number of hydrogen-bond donors (Lipinski definition) is 2. The molecule has 1 unspecified atom stereocenters. The van der Waals surface area contributed by atoms with Crippen molar-refractivity contribution in [3.8, 4) is 5.75 Å². The molecular weight excluding hydrogens is 318 g/mol. The van der Waals surface area contributed by atoms with Gasteiger partial charge in [-0.25, -0.2) is 4.98 Å². The fourth-order valence-electron chi connectivity index (χ4n) is 2.89. The number of ether oxygens (including phenoxy) is 1. The molecule has 6 nitrogen and oxygen atoms in total. The summed E-state index contributed by atoms with van der Waals surface area (Å²) in [4.78, 5) is 20.1. The van der Waals surface area contributed by atoms with Gasteiger partial charge >= 0.3 is 0 Å². The van der Waals surface area contributed by atoms with Crippen molar-refractivity contribution in [1.82, 2.24) is 15.3 Å². The topological polar surface area (TPSA) is 80.1 Å². The van der Waals surface area contributed by atoms with E-state index in [0.717, 1.165) is 24.2 Å². The number of para-hydroxylation sites is 1. The van der Waals surface area contributed by atoms with E-state index in [1.807, 2.05) is 30.3 Å². The average Bonchev–Trinajstić information content (AvgIpc) is 3.14. The molecular formula is C19H19N3O3. The number of imidazole rings is 1. The van der Waals surface area contributed by atoms with Gasteiger partial charge in [0.1, 0.15) is 29.1 Å². The highest BCUT2D eigenvalue weighted by atomic mass is 16.5. The molecule has 4 rings (SSSR count). The number of aromatic amines is 1. The number of methoxy groups -OCH3 is 1. The van der Waals surface area contributed by atoms with E-state index < -0.39 is 6.04 Å². The van der Waals surface area contributed by atoms with Gasteiger partial charge in [-0.15, -0.1) is 0 Å². The molecule has 0 bridgehead atoms. The molecule has 0 radical (unpaired) electrons. The number of hydrogen-bond acceptors (Lipinski definition) is 4. The van der Waals surface area contributed by atoms with E-state index in [1.54, 1.807) is 25.6 Å². The summed E-state index contributed by atoms with van der Waals surface area (Å²) in [6.07, 6.45) is 5.44. The van der Waals surface area contributed by atoms with Crippen LogP contribution in [0, 0.1) is 0 Å². The zero-order valence-corrected chi connectivity index (χ0v) is 13.9. The van der Waals surface area contributed by atoms with Gasteiger partial charge in [0.05, 0.1) is 19.6 Å². The molecule has 3 aromatic rings. The van der Waals surface area contributed by atoms with Crippen LogP contribution < -0.4 is 10.1 Å². The Labute approximate surface area is 145 Å². The highest BCUT2D eigenvalue weighted by molar-refractivity contribution is 5.92. The third kappa shape index (κ3) is 3.15. The number of carbonyl (C=O) groups is 1. The van der Waals surface area contributed by atoms with E-state index in [9.17, 15) is 4.79 Å². The first-order valence-corrected chi connectivity index (χ1v) is 8.28. The van der Waals surface area contributed by atoms with Gasteiger partial charge < -0.3 is 19.5 Å². The molecule has 128 valence electrons. The lowest BCUT2D eigenvalue weighted by molar-refractivity contribution is 0.0934. The lowest BCUT2D eigenvalue weighted by atomic mass is 10.0. The Bertz CT molecular complexity index is 866. The van der Waals surface area contributed by atoms with Crippen LogP contribution >= 0.6 is 0 Å². The second kappa shape index (κ2) is 6.47. The van der Waals surface area contributed by atoms with E-state index in [4.69, 9.17) is 9.15 Å². The minimum atomic E-state index is -0.452. The van der Waals surface area contributed by atoms with E-state index in [2.05, 4.69) is 15.3 Å². The van der Waals surface area contributed by atoms with Crippen molar-refractivity contribution in [3.63, 3.8) is 0 Å². The van der Waals surface area contributed by atoms with E-state index in [0.29, 0.717) is 23.1 Å². The van der Waals surface area contributed by atoms with Gasteiger partial charge in [0.15, 0.2) is 0 Å². The van der Waals surface area contributed by atoms with Crippen molar-refractivity contribution in [3.05, 3.63) is 71.7 Å². The number of amides is 1. The summed E-state index contributed by atoms with van der Waals surface area (Å²) in [6.45, 7) is 0. The third-order valence-corrected chi connectivity index (χ3v) is 4.36. The number of aromatic nitrogens is 2. The van der Waals surface area contributed by atoms with Crippen molar-refractivity contribution >= 4 is 5.91 Å². The molecule has 0 saturated heterocycles. The molecule has 6 heteroatoms. The monoisotopic (exact) mass is 337 g/mol. The summed E-state index contributed by atoms with van der Waals surface area (Å²) >= 11 is 0. The fourth-order valence-corrected chi connectivity index (χ4v) is 2.89. The smallest absolute Gasteiger partial charge is 0.270 e. The molecule has 1 fully saturated rings. The Morgan fingerprint density at radius 2 is 2.16 bits per heavy atom.